The zero-order valence-corrected chi connectivity index (χ0v) is 30.8. The van der Waals surface area contributed by atoms with Gasteiger partial charge in [-0.05, 0) is 62.2 Å². The molecule has 0 aliphatic rings. The van der Waals surface area contributed by atoms with E-state index >= 15 is 0 Å². The molecule has 0 unspecified atom stereocenters. The third-order valence-electron chi connectivity index (χ3n) is 10.9. The largest absolute Gasteiger partial charge is 0.455 e. The van der Waals surface area contributed by atoms with Crippen molar-refractivity contribution < 1.29 is 4.42 Å². The van der Waals surface area contributed by atoms with E-state index in [4.69, 9.17) is 19.4 Å². The number of fused-ring (bicyclic) bond motifs is 6. The predicted molar refractivity (Wildman–Crippen MR) is 235 cm³/mol. The number of hydrogen-bond acceptors (Lipinski definition) is 4. The van der Waals surface area contributed by atoms with Crippen molar-refractivity contribution in [3.63, 3.8) is 0 Å². The van der Waals surface area contributed by atoms with E-state index in [0.717, 1.165) is 82.8 Å². The van der Waals surface area contributed by atoms with Crippen LogP contribution >= 0.6 is 0 Å². The lowest BCUT2D eigenvalue weighted by atomic mass is 9.97. The Bertz CT molecular complexity index is 3280. The third kappa shape index (κ3) is 5.83. The van der Waals surface area contributed by atoms with Gasteiger partial charge in [-0.3, -0.25) is 0 Å². The van der Waals surface area contributed by atoms with Gasteiger partial charge in [0.05, 0.1) is 0 Å². The average Bonchev–Trinajstić information content (AvgIpc) is 3.68. The Hall–Kier alpha value is -7.69. The standard InChI is InChI=1S/C53H33N3O/c1-3-13-34(14-4-1)37-25-28-38(29-26-37)51-54-52(42-20-11-19-40(32-42)35-15-5-2-6-16-35)56-53(55-51)48-33-47-46-24-12-23-43(41-30-27-36-17-7-8-18-39(36)31-41)49(46)57-50(47)45-22-10-9-21-44(45)48/h1-33H. The lowest BCUT2D eigenvalue weighted by Gasteiger charge is -2.12. The number of rotatable bonds is 6. The van der Waals surface area contributed by atoms with Crippen LogP contribution in [0.2, 0.25) is 0 Å². The summed E-state index contributed by atoms with van der Waals surface area (Å²) in [6, 6.07) is 69.8. The van der Waals surface area contributed by atoms with Gasteiger partial charge in [0, 0.05) is 38.4 Å². The van der Waals surface area contributed by atoms with E-state index in [1.54, 1.807) is 0 Å². The highest BCUT2D eigenvalue weighted by Gasteiger charge is 2.20. The topological polar surface area (TPSA) is 51.8 Å². The molecule has 0 radical (unpaired) electrons. The lowest BCUT2D eigenvalue weighted by Crippen LogP contribution is -2.01. The molecule has 11 rings (SSSR count). The number of aromatic nitrogens is 3. The van der Waals surface area contributed by atoms with Gasteiger partial charge in [0.15, 0.2) is 17.5 Å². The molecule has 4 nitrogen and oxygen atoms in total. The maximum absolute atomic E-state index is 6.89. The minimum absolute atomic E-state index is 0.602. The Morgan fingerprint density at radius 1 is 0.263 bits per heavy atom. The predicted octanol–water partition coefficient (Wildman–Crippen LogP) is 14.1. The molecule has 0 amide bonds. The first-order valence-corrected chi connectivity index (χ1v) is 19.2. The fourth-order valence-corrected chi connectivity index (χ4v) is 8.05. The van der Waals surface area contributed by atoms with Gasteiger partial charge in [-0.2, -0.15) is 0 Å². The van der Waals surface area contributed by atoms with Crippen molar-refractivity contribution in [2.24, 2.45) is 0 Å². The molecule has 2 heterocycles. The summed E-state index contributed by atoms with van der Waals surface area (Å²) in [5, 5.41) is 6.49. The number of para-hydroxylation sites is 1. The summed E-state index contributed by atoms with van der Waals surface area (Å²) in [6.07, 6.45) is 0. The van der Waals surface area contributed by atoms with Gasteiger partial charge in [0.1, 0.15) is 11.2 Å². The van der Waals surface area contributed by atoms with Gasteiger partial charge < -0.3 is 4.42 Å². The van der Waals surface area contributed by atoms with Gasteiger partial charge in [-0.25, -0.2) is 15.0 Å². The van der Waals surface area contributed by atoms with Crippen LogP contribution in [0.5, 0.6) is 0 Å². The first kappa shape index (κ1) is 32.7. The molecule has 4 heteroatoms. The smallest absolute Gasteiger partial charge is 0.164 e. The van der Waals surface area contributed by atoms with Crippen LogP contribution in [0.4, 0.5) is 0 Å². The summed E-state index contributed by atoms with van der Waals surface area (Å²) < 4.78 is 6.89. The van der Waals surface area contributed by atoms with E-state index in [9.17, 15) is 0 Å². The van der Waals surface area contributed by atoms with Gasteiger partial charge in [0.25, 0.3) is 0 Å². The Balaban J connectivity index is 1.12. The van der Waals surface area contributed by atoms with Crippen LogP contribution in [0.15, 0.2) is 205 Å². The Morgan fingerprint density at radius 3 is 1.58 bits per heavy atom. The first-order chi connectivity index (χ1) is 28.2. The highest BCUT2D eigenvalue weighted by Crippen LogP contribution is 2.43. The minimum Gasteiger partial charge on any atom is -0.455 e. The molecule has 0 fully saturated rings. The normalized spacial score (nSPS) is 11.5. The molecule has 0 saturated heterocycles. The maximum Gasteiger partial charge on any atom is 0.164 e. The van der Waals surface area contributed by atoms with Crippen molar-refractivity contribution in [1.29, 1.82) is 0 Å². The molecule has 0 aliphatic heterocycles. The van der Waals surface area contributed by atoms with Gasteiger partial charge in [-0.1, -0.05) is 182 Å². The Labute approximate surface area is 329 Å². The molecule has 0 atom stereocenters. The summed E-state index contributed by atoms with van der Waals surface area (Å²) in [5.74, 6) is 1.82. The second-order valence-corrected chi connectivity index (χ2v) is 14.4. The highest BCUT2D eigenvalue weighted by atomic mass is 16.3. The van der Waals surface area contributed by atoms with Crippen molar-refractivity contribution in [3.05, 3.63) is 200 Å². The van der Waals surface area contributed by atoms with Gasteiger partial charge in [-0.15, -0.1) is 0 Å². The van der Waals surface area contributed by atoms with Crippen LogP contribution < -0.4 is 0 Å². The third-order valence-corrected chi connectivity index (χ3v) is 10.9. The van der Waals surface area contributed by atoms with Gasteiger partial charge >= 0.3 is 0 Å². The molecule has 266 valence electrons. The van der Waals surface area contributed by atoms with Crippen molar-refractivity contribution in [3.8, 4) is 67.5 Å². The molecule has 0 N–H and O–H groups in total. The van der Waals surface area contributed by atoms with E-state index in [1.165, 1.54) is 10.8 Å². The summed E-state index contributed by atoms with van der Waals surface area (Å²) in [7, 11) is 0. The minimum atomic E-state index is 0.602. The molecule has 0 bridgehead atoms. The van der Waals surface area contributed by atoms with E-state index in [0.29, 0.717) is 17.5 Å². The fourth-order valence-electron chi connectivity index (χ4n) is 8.05. The maximum atomic E-state index is 6.89. The van der Waals surface area contributed by atoms with Crippen molar-refractivity contribution in [2.75, 3.05) is 0 Å². The van der Waals surface area contributed by atoms with E-state index < -0.39 is 0 Å². The second kappa shape index (κ2) is 13.6. The molecule has 0 saturated carbocycles. The molecule has 9 aromatic carbocycles. The molecule has 57 heavy (non-hydrogen) atoms. The highest BCUT2D eigenvalue weighted by molar-refractivity contribution is 6.20. The Kier molecular flexibility index (Phi) is 7.78. The quantitative estimate of drug-likeness (QED) is 0.171. The second-order valence-electron chi connectivity index (χ2n) is 14.4. The summed E-state index contributed by atoms with van der Waals surface area (Å²) in [4.78, 5) is 15.7. The zero-order chi connectivity index (χ0) is 37.7. The summed E-state index contributed by atoms with van der Waals surface area (Å²) in [5.41, 5.74) is 11.2. The Morgan fingerprint density at radius 2 is 0.789 bits per heavy atom. The average molecular weight is 728 g/mol. The van der Waals surface area contributed by atoms with Crippen molar-refractivity contribution >= 4 is 43.5 Å². The fraction of sp³-hybridized carbons (Fsp3) is 0. The number of nitrogens with zero attached hydrogens (tertiary/aromatic N) is 3. The van der Waals surface area contributed by atoms with Crippen molar-refractivity contribution in [2.45, 2.75) is 0 Å². The number of benzene rings is 9. The SMILES string of the molecule is c1ccc(-c2ccc(-c3nc(-c4cccc(-c5ccccc5)c4)nc(-c4cc5c6cccc(-c7ccc8ccccc8c7)c6oc5c5ccccc45)n3)cc2)cc1. The number of hydrogen-bond donors (Lipinski definition) is 0. The van der Waals surface area contributed by atoms with Crippen LogP contribution in [0, 0.1) is 0 Å². The van der Waals surface area contributed by atoms with Crippen molar-refractivity contribution in [1.82, 2.24) is 15.0 Å². The molecular weight excluding hydrogens is 695 g/mol. The molecular formula is C53H33N3O. The first-order valence-electron chi connectivity index (χ1n) is 19.2. The van der Waals surface area contributed by atoms with Crippen LogP contribution in [-0.2, 0) is 0 Å². The van der Waals surface area contributed by atoms with Crippen LogP contribution in [0.3, 0.4) is 0 Å². The lowest BCUT2D eigenvalue weighted by molar-refractivity contribution is 0.674. The molecule has 0 spiro atoms. The molecule has 11 aromatic rings. The van der Waals surface area contributed by atoms with E-state index in [1.807, 2.05) is 12.1 Å². The van der Waals surface area contributed by atoms with E-state index in [-0.39, 0.29) is 0 Å². The van der Waals surface area contributed by atoms with E-state index in [2.05, 4.69) is 188 Å². The van der Waals surface area contributed by atoms with Crippen LogP contribution in [0.25, 0.3) is 111 Å². The summed E-state index contributed by atoms with van der Waals surface area (Å²) in [6.45, 7) is 0. The van der Waals surface area contributed by atoms with Crippen LogP contribution in [-0.4, -0.2) is 15.0 Å². The van der Waals surface area contributed by atoms with Gasteiger partial charge in [0.2, 0.25) is 0 Å². The number of furan rings is 1. The zero-order valence-electron chi connectivity index (χ0n) is 30.8. The summed E-state index contributed by atoms with van der Waals surface area (Å²) >= 11 is 0. The monoisotopic (exact) mass is 727 g/mol. The molecule has 0 aliphatic carbocycles. The van der Waals surface area contributed by atoms with Crippen LogP contribution in [0.1, 0.15) is 0 Å². The molecule has 2 aromatic heterocycles.